The van der Waals surface area contributed by atoms with Crippen LogP contribution in [0.3, 0.4) is 0 Å². The standard InChI is InChI=1S/C24H25Cl2N3O5S2/c1-28(2)35(31,32)22-10-6-18(7-11-22)15-27-24(30)17-29(16-19-4-3-5-21(26)14-19)36(33,34)23-12-8-20(25)9-13-23/h3-14H,15-17H2,1-2H3,(H,27,30). The molecule has 0 fully saturated rings. The summed E-state index contributed by atoms with van der Waals surface area (Å²) in [5.74, 6) is -0.528. The molecule has 0 aliphatic carbocycles. The van der Waals surface area contributed by atoms with Crippen LogP contribution in [0.15, 0.2) is 82.6 Å². The van der Waals surface area contributed by atoms with Crippen molar-refractivity contribution in [3.8, 4) is 0 Å². The maximum absolute atomic E-state index is 13.3. The van der Waals surface area contributed by atoms with Gasteiger partial charge >= 0.3 is 0 Å². The van der Waals surface area contributed by atoms with Crippen molar-refractivity contribution in [3.05, 3.63) is 94.0 Å². The third-order valence-corrected chi connectivity index (χ3v) is 9.33. The van der Waals surface area contributed by atoms with Gasteiger partial charge in [-0.3, -0.25) is 4.79 Å². The number of hydrogen-bond donors (Lipinski definition) is 1. The molecule has 0 saturated carbocycles. The van der Waals surface area contributed by atoms with Crippen molar-refractivity contribution in [2.24, 2.45) is 0 Å². The van der Waals surface area contributed by atoms with Gasteiger partial charge < -0.3 is 5.32 Å². The van der Waals surface area contributed by atoms with E-state index in [-0.39, 0.29) is 22.9 Å². The second-order valence-corrected chi connectivity index (χ2v) is 13.0. The van der Waals surface area contributed by atoms with Crippen molar-refractivity contribution in [2.75, 3.05) is 20.6 Å². The molecule has 3 aromatic rings. The summed E-state index contributed by atoms with van der Waals surface area (Å²) in [4.78, 5) is 12.9. The van der Waals surface area contributed by atoms with E-state index in [9.17, 15) is 21.6 Å². The molecule has 1 amide bonds. The van der Waals surface area contributed by atoms with Crippen LogP contribution in [-0.4, -0.2) is 52.0 Å². The first-order chi connectivity index (χ1) is 16.9. The molecule has 0 atom stereocenters. The molecule has 0 aromatic heterocycles. The fourth-order valence-corrected chi connectivity index (χ4v) is 5.85. The van der Waals surface area contributed by atoms with E-state index < -0.39 is 32.5 Å². The topological polar surface area (TPSA) is 104 Å². The Labute approximate surface area is 221 Å². The molecule has 0 saturated heterocycles. The van der Waals surface area contributed by atoms with Gasteiger partial charge in [0.25, 0.3) is 0 Å². The van der Waals surface area contributed by atoms with Gasteiger partial charge in [0.15, 0.2) is 0 Å². The van der Waals surface area contributed by atoms with E-state index in [1.807, 2.05) is 0 Å². The Kier molecular flexibility index (Phi) is 9.15. The zero-order valence-electron chi connectivity index (χ0n) is 19.6. The zero-order chi connectivity index (χ0) is 26.5. The van der Waals surface area contributed by atoms with Crippen molar-refractivity contribution in [3.63, 3.8) is 0 Å². The van der Waals surface area contributed by atoms with Crippen LogP contribution in [0.1, 0.15) is 11.1 Å². The molecular formula is C24H25Cl2N3O5S2. The van der Waals surface area contributed by atoms with Gasteiger partial charge in [0, 0.05) is 37.2 Å². The Morgan fingerprint density at radius 1 is 0.778 bits per heavy atom. The summed E-state index contributed by atoms with van der Waals surface area (Å²) >= 11 is 12.0. The lowest BCUT2D eigenvalue weighted by molar-refractivity contribution is -0.121. The Bertz CT molecular complexity index is 1430. The van der Waals surface area contributed by atoms with Gasteiger partial charge in [-0.25, -0.2) is 21.1 Å². The lowest BCUT2D eigenvalue weighted by Gasteiger charge is -2.22. The predicted octanol–water partition coefficient (Wildman–Crippen LogP) is 3.75. The average Bonchev–Trinajstić information content (AvgIpc) is 2.83. The Morgan fingerprint density at radius 2 is 1.36 bits per heavy atom. The Balaban J connectivity index is 1.76. The van der Waals surface area contributed by atoms with E-state index in [0.29, 0.717) is 21.2 Å². The number of halogens is 2. The number of rotatable bonds is 10. The first-order valence-electron chi connectivity index (χ1n) is 10.7. The van der Waals surface area contributed by atoms with Gasteiger partial charge in [-0.1, -0.05) is 47.5 Å². The largest absolute Gasteiger partial charge is 0.351 e. The molecule has 192 valence electrons. The fraction of sp³-hybridized carbons (Fsp3) is 0.208. The normalized spacial score (nSPS) is 12.2. The van der Waals surface area contributed by atoms with Crippen molar-refractivity contribution < 1.29 is 21.6 Å². The quantitative estimate of drug-likeness (QED) is 0.400. The van der Waals surface area contributed by atoms with Crippen LogP contribution in [0.2, 0.25) is 10.0 Å². The molecule has 1 N–H and O–H groups in total. The van der Waals surface area contributed by atoms with E-state index in [4.69, 9.17) is 23.2 Å². The van der Waals surface area contributed by atoms with E-state index in [1.165, 1.54) is 50.5 Å². The van der Waals surface area contributed by atoms with Crippen LogP contribution in [0, 0.1) is 0 Å². The smallest absolute Gasteiger partial charge is 0.243 e. The van der Waals surface area contributed by atoms with Crippen LogP contribution in [0.5, 0.6) is 0 Å². The number of nitrogens with one attached hydrogen (secondary N) is 1. The molecule has 0 bridgehead atoms. The van der Waals surface area contributed by atoms with E-state index in [1.54, 1.807) is 36.4 Å². The maximum Gasteiger partial charge on any atom is 0.243 e. The molecular weight excluding hydrogens is 545 g/mol. The van der Waals surface area contributed by atoms with Crippen LogP contribution < -0.4 is 5.32 Å². The second-order valence-electron chi connectivity index (χ2n) is 8.07. The molecule has 8 nitrogen and oxygen atoms in total. The number of hydrogen-bond acceptors (Lipinski definition) is 5. The molecule has 0 aliphatic heterocycles. The molecule has 0 heterocycles. The Hall–Kier alpha value is -2.47. The first-order valence-corrected chi connectivity index (χ1v) is 14.3. The molecule has 12 heteroatoms. The number of nitrogens with zero attached hydrogens (tertiary/aromatic N) is 2. The van der Waals surface area contributed by atoms with Crippen molar-refractivity contribution in [2.45, 2.75) is 22.9 Å². The summed E-state index contributed by atoms with van der Waals surface area (Å²) in [5, 5.41) is 3.52. The lowest BCUT2D eigenvalue weighted by atomic mass is 10.2. The molecule has 0 radical (unpaired) electrons. The van der Waals surface area contributed by atoms with Gasteiger partial charge in [-0.15, -0.1) is 0 Å². The van der Waals surface area contributed by atoms with Crippen molar-refractivity contribution >= 4 is 49.2 Å². The molecule has 0 aliphatic rings. The van der Waals surface area contributed by atoms with E-state index in [2.05, 4.69) is 5.32 Å². The molecule has 36 heavy (non-hydrogen) atoms. The van der Waals surface area contributed by atoms with Crippen LogP contribution in [-0.2, 0) is 37.9 Å². The zero-order valence-corrected chi connectivity index (χ0v) is 22.7. The molecule has 0 unspecified atom stereocenters. The SMILES string of the molecule is CN(C)S(=O)(=O)c1ccc(CNC(=O)CN(Cc2cccc(Cl)c2)S(=O)(=O)c2ccc(Cl)cc2)cc1. The highest BCUT2D eigenvalue weighted by molar-refractivity contribution is 7.89. The number of carbonyl (C=O) groups is 1. The van der Waals surface area contributed by atoms with Gasteiger partial charge in [-0.2, -0.15) is 4.31 Å². The highest BCUT2D eigenvalue weighted by Crippen LogP contribution is 2.22. The minimum Gasteiger partial charge on any atom is -0.351 e. The highest BCUT2D eigenvalue weighted by Gasteiger charge is 2.27. The lowest BCUT2D eigenvalue weighted by Crippen LogP contribution is -2.40. The summed E-state index contributed by atoms with van der Waals surface area (Å²) in [7, 11) is -4.72. The summed E-state index contributed by atoms with van der Waals surface area (Å²) in [6.07, 6.45) is 0. The number of sulfonamides is 2. The summed E-state index contributed by atoms with van der Waals surface area (Å²) < 4.78 is 53.3. The number of benzene rings is 3. The van der Waals surface area contributed by atoms with Crippen molar-refractivity contribution in [1.29, 1.82) is 0 Å². The summed E-state index contributed by atoms with van der Waals surface area (Å²) in [6, 6.07) is 18.5. The van der Waals surface area contributed by atoms with Gasteiger partial charge in [0.2, 0.25) is 26.0 Å². The van der Waals surface area contributed by atoms with Gasteiger partial charge in [0.05, 0.1) is 16.3 Å². The third kappa shape index (κ3) is 7.06. The van der Waals surface area contributed by atoms with E-state index in [0.717, 1.165) is 8.61 Å². The second kappa shape index (κ2) is 11.7. The van der Waals surface area contributed by atoms with Gasteiger partial charge in [0.1, 0.15) is 0 Å². The van der Waals surface area contributed by atoms with Crippen LogP contribution in [0.4, 0.5) is 0 Å². The fourth-order valence-electron chi connectivity index (χ4n) is 3.23. The molecule has 3 aromatic carbocycles. The van der Waals surface area contributed by atoms with Gasteiger partial charge in [-0.05, 0) is 59.7 Å². The summed E-state index contributed by atoms with van der Waals surface area (Å²) in [5.41, 5.74) is 1.27. The van der Waals surface area contributed by atoms with Crippen molar-refractivity contribution in [1.82, 2.24) is 13.9 Å². The average molecular weight is 571 g/mol. The molecule has 0 spiro atoms. The predicted molar refractivity (Wildman–Crippen MR) is 140 cm³/mol. The van der Waals surface area contributed by atoms with Crippen LogP contribution in [0.25, 0.3) is 0 Å². The molecule has 3 rings (SSSR count). The minimum atomic E-state index is -4.04. The minimum absolute atomic E-state index is 0.000539. The van der Waals surface area contributed by atoms with E-state index >= 15 is 0 Å². The monoisotopic (exact) mass is 569 g/mol. The number of amides is 1. The Morgan fingerprint density at radius 3 is 1.94 bits per heavy atom. The maximum atomic E-state index is 13.3. The summed E-state index contributed by atoms with van der Waals surface area (Å²) in [6.45, 7) is -0.423. The number of carbonyl (C=O) groups excluding carboxylic acids is 1. The van der Waals surface area contributed by atoms with Crippen LogP contribution >= 0.6 is 23.2 Å². The highest BCUT2D eigenvalue weighted by atomic mass is 35.5. The third-order valence-electron chi connectivity index (χ3n) is 5.21. The first kappa shape index (κ1) is 28.1.